The van der Waals surface area contributed by atoms with Crippen LogP contribution in [0.15, 0.2) is 84.9 Å². The Hall–Kier alpha value is -2.95. The number of benzene rings is 6. The summed E-state index contributed by atoms with van der Waals surface area (Å²) in [4.78, 5) is 0. The quantitative estimate of drug-likeness (QED) is 0.175. The molecule has 0 saturated heterocycles. The van der Waals surface area contributed by atoms with Gasteiger partial charge in [0.2, 0.25) is 0 Å². The summed E-state index contributed by atoms with van der Waals surface area (Å²) in [5.41, 5.74) is 0. The van der Waals surface area contributed by atoms with E-state index in [2.05, 4.69) is 124 Å². The lowest BCUT2D eigenvalue weighted by atomic mass is 9.92. The van der Waals surface area contributed by atoms with E-state index in [-0.39, 0.29) is 0 Å². The van der Waals surface area contributed by atoms with Crippen molar-refractivity contribution in [1.29, 1.82) is 0 Å². The van der Waals surface area contributed by atoms with Crippen molar-refractivity contribution < 1.29 is 0 Å². The van der Waals surface area contributed by atoms with Crippen molar-refractivity contribution >= 4 is 80.4 Å². The van der Waals surface area contributed by atoms with Gasteiger partial charge in [-0.05, 0) is 53.9 Å². The monoisotopic (exact) mass is 472 g/mol. The Morgan fingerprint density at radius 3 is 0.912 bits per heavy atom. The Labute approximate surface area is 204 Å². The minimum atomic E-state index is -1.33. The van der Waals surface area contributed by atoms with E-state index in [4.69, 9.17) is 0 Å². The molecule has 0 atom stereocenters. The topological polar surface area (TPSA) is 0 Å². The predicted molar refractivity (Wildman–Crippen MR) is 160 cm³/mol. The van der Waals surface area contributed by atoms with E-state index >= 15 is 0 Å². The minimum absolute atomic E-state index is 1.33. The molecule has 0 heterocycles. The van der Waals surface area contributed by atoms with Gasteiger partial charge < -0.3 is 0 Å². The first-order valence-electron chi connectivity index (χ1n) is 12.4. The Kier molecular flexibility index (Phi) is 4.62. The molecule has 0 aliphatic rings. The highest BCUT2D eigenvalue weighted by molar-refractivity contribution is 6.89. The van der Waals surface area contributed by atoms with E-state index in [0.717, 1.165) is 0 Å². The molecule has 0 fully saturated rings. The fourth-order valence-corrected chi connectivity index (χ4v) is 7.80. The van der Waals surface area contributed by atoms with Gasteiger partial charge in [-0.25, -0.2) is 0 Å². The molecule has 0 aliphatic carbocycles. The van der Waals surface area contributed by atoms with Gasteiger partial charge in [-0.3, -0.25) is 0 Å². The van der Waals surface area contributed by atoms with Crippen LogP contribution >= 0.6 is 0 Å². The second-order valence-corrected chi connectivity index (χ2v) is 22.1. The van der Waals surface area contributed by atoms with E-state index in [1.54, 1.807) is 0 Å². The van der Waals surface area contributed by atoms with Crippen molar-refractivity contribution in [3.05, 3.63) is 84.9 Å². The molecule has 0 nitrogen and oxygen atoms in total. The van der Waals surface area contributed by atoms with E-state index < -0.39 is 16.1 Å². The molecule has 34 heavy (non-hydrogen) atoms. The third kappa shape index (κ3) is 3.31. The summed E-state index contributed by atoms with van der Waals surface area (Å²) in [7, 11) is -2.65. The van der Waals surface area contributed by atoms with Gasteiger partial charge in [-0.2, -0.15) is 0 Å². The van der Waals surface area contributed by atoms with Gasteiger partial charge in [0.05, 0.1) is 16.1 Å². The molecule has 2 heteroatoms. The molecule has 0 unspecified atom stereocenters. The fourth-order valence-electron chi connectivity index (χ4n) is 5.45. The SMILES string of the molecule is C[Si](C)(C)c1ccc2c(ccc3c2ccc2c4ccc5cc([Si](C)(C)C)ccc5c4ccc32)c1. The maximum atomic E-state index is 2.42. The van der Waals surface area contributed by atoms with E-state index in [1.165, 1.54) is 64.2 Å². The highest BCUT2D eigenvalue weighted by Gasteiger charge is 2.18. The average molecular weight is 473 g/mol. The lowest BCUT2D eigenvalue weighted by molar-refractivity contribution is 1.72. The number of fused-ring (bicyclic) bond motifs is 9. The molecule has 6 aromatic rings. The maximum absolute atomic E-state index is 2.42. The largest absolute Gasteiger partial charge is 0.0776 e. The Morgan fingerprint density at radius 2 is 0.588 bits per heavy atom. The summed E-state index contributed by atoms with van der Waals surface area (Å²) >= 11 is 0. The van der Waals surface area contributed by atoms with Gasteiger partial charge in [-0.15, -0.1) is 0 Å². The second-order valence-electron chi connectivity index (χ2n) is 11.9. The molecule has 0 spiro atoms. The van der Waals surface area contributed by atoms with E-state index in [1.807, 2.05) is 0 Å². The Balaban J connectivity index is 1.61. The van der Waals surface area contributed by atoms with Gasteiger partial charge >= 0.3 is 0 Å². The smallest absolute Gasteiger partial charge is 0.0656 e. The molecule has 0 aromatic heterocycles. The van der Waals surface area contributed by atoms with Crippen LogP contribution in [-0.4, -0.2) is 16.1 Å². The van der Waals surface area contributed by atoms with Crippen LogP contribution in [-0.2, 0) is 0 Å². The fraction of sp³-hybridized carbons (Fsp3) is 0.188. The number of hydrogen-bond donors (Lipinski definition) is 0. The Morgan fingerprint density at radius 1 is 0.324 bits per heavy atom. The lowest BCUT2D eigenvalue weighted by Gasteiger charge is -2.18. The first-order valence-corrected chi connectivity index (χ1v) is 19.4. The van der Waals surface area contributed by atoms with Crippen molar-refractivity contribution in [2.75, 3.05) is 0 Å². The summed E-state index contributed by atoms with van der Waals surface area (Å²) in [6.45, 7) is 14.5. The summed E-state index contributed by atoms with van der Waals surface area (Å²) in [5, 5.41) is 16.6. The highest BCUT2D eigenvalue weighted by atomic mass is 28.3. The van der Waals surface area contributed by atoms with Crippen LogP contribution in [0.25, 0.3) is 53.9 Å². The molecular formula is C32H32Si2. The molecular weight excluding hydrogens is 441 g/mol. The molecule has 0 saturated carbocycles. The van der Waals surface area contributed by atoms with Gasteiger partial charge in [0.15, 0.2) is 0 Å². The minimum Gasteiger partial charge on any atom is -0.0656 e. The average Bonchev–Trinajstić information content (AvgIpc) is 2.81. The van der Waals surface area contributed by atoms with Crippen molar-refractivity contribution in [2.24, 2.45) is 0 Å². The van der Waals surface area contributed by atoms with E-state index in [9.17, 15) is 0 Å². The van der Waals surface area contributed by atoms with Crippen LogP contribution in [0, 0.1) is 0 Å². The van der Waals surface area contributed by atoms with Crippen LogP contribution in [0.2, 0.25) is 39.3 Å². The molecule has 168 valence electrons. The normalized spacial score (nSPS) is 13.0. The molecule has 0 bridgehead atoms. The number of rotatable bonds is 2. The van der Waals surface area contributed by atoms with Crippen molar-refractivity contribution in [3.63, 3.8) is 0 Å². The second kappa shape index (κ2) is 7.27. The van der Waals surface area contributed by atoms with Crippen LogP contribution in [0.4, 0.5) is 0 Å². The molecule has 0 N–H and O–H groups in total. The standard InChI is InChI=1S/C32H32Si2/c1-33(2,3)23-9-13-25-21(19-23)7-11-29-27(25)15-17-32-30-12-8-22-20-24(34(4,5)6)10-14-26(22)28(30)16-18-31(29)32/h7-20H,1-6H3. The predicted octanol–water partition coefficient (Wildman–Crippen LogP) is 8.54. The third-order valence-corrected chi connectivity index (χ3v) is 11.6. The number of hydrogen-bond acceptors (Lipinski definition) is 0. The summed E-state index contributed by atoms with van der Waals surface area (Å²) < 4.78 is 0. The van der Waals surface area contributed by atoms with E-state index in [0.29, 0.717) is 0 Å². The van der Waals surface area contributed by atoms with Crippen molar-refractivity contribution in [2.45, 2.75) is 39.3 Å². The molecule has 0 aliphatic heterocycles. The van der Waals surface area contributed by atoms with Crippen LogP contribution in [0.5, 0.6) is 0 Å². The lowest BCUT2D eigenvalue weighted by Crippen LogP contribution is -2.37. The van der Waals surface area contributed by atoms with Gasteiger partial charge in [0.1, 0.15) is 0 Å². The van der Waals surface area contributed by atoms with Gasteiger partial charge in [0, 0.05) is 0 Å². The Bertz CT molecular complexity index is 1630. The van der Waals surface area contributed by atoms with Crippen molar-refractivity contribution in [1.82, 2.24) is 0 Å². The maximum Gasteiger partial charge on any atom is 0.0776 e. The molecule has 6 aromatic carbocycles. The molecule has 0 radical (unpaired) electrons. The van der Waals surface area contributed by atoms with Crippen LogP contribution < -0.4 is 10.4 Å². The summed E-state index contributed by atoms with van der Waals surface area (Å²) in [6.07, 6.45) is 0. The van der Waals surface area contributed by atoms with Crippen molar-refractivity contribution in [3.8, 4) is 0 Å². The summed E-state index contributed by atoms with van der Waals surface area (Å²) in [5.74, 6) is 0. The first kappa shape index (κ1) is 21.6. The van der Waals surface area contributed by atoms with Gasteiger partial charge in [-0.1, -0.05) is 135 Å². The molecule has 0 amide bonds. The zero-order valence-corrected chi connectivity index (χ0v) is 23.1. The zero-order chi connectivity index (χ0) is 23.8. The van der Waals surface area contributed by atoms with Gasteiger partial charge in [0.25, 0.3) is 0 Å². The third-order valence-electron chi connectivity index (χ3n) is 7.56. The summed E-state index contributed by atoms with van der Waals surface area (Å²) in [6, 6.07) is 32.9. The first-order chi connectivity index (χ1) is 16.1. The highest BCUT2D eigenvalue weighted by Crippen LogP contribution is 2.36. The van der Waals surface area contributed by atoms with Crippen LogP contribution in [0.1, 0.15) is 0 Å². The molecule has 6 rings (SSSR count). The van der Waals surface area contributed by atoms with Crippen LogP contribution in [0.3, 0.4) is 0 Å². The zero-order valence-electron chi connectivity index (χ0n) is 21.1.